The molecular weight excluding hydrogens is 591 g/mol. The predicted molar refractivity (Wildman–Crippen MR) is 171 cm³/mol. The Hall–Kier alpha value is -4.25. The Bertz CT molecular complexity index is 1520. The summed E-state index contributed by atoms with van der Waals surface area (Å²) in [6.07, 6.45) is 7.57. The van der Waals surface area contributed by atoms with Crippen molar-refractivity contribution in [2.45, 2.75) is 77.3 Å². The van der Waals surface area contributed by atoms with E-state index in [2.05, 4.69) is 23.8 Å². The number of carboxylic acid groups (broad SMARTS) is 1. The number of carbonyl (C=O) groups is 2. The van der Waals surface area contributed by atoms with Crippen LogP contribution in [0.2, 0.25) is 0 Å². The van der Waals surface area contributed by atoms with Gasteiger partial charge in [-0.05, 0) is 73.7 Å². The smallest absolute Gasteiger partial charge is 0.308 e. The number of aryl methyl sites for hydroxylation is 2. The Morgan fingerprint density at radius 2 is 1.87 bits per heavy atom. The Balaban J connectivity index is 1.52. The number of ether oxygens (including phenoxy) is 3. The zero-order chi connectivity index (χ0) is 32.8. The van der Waals surface area contributed by atoms with Crippen LogP contribution in [0.25, 0.3) is 0 Å². The molecule has 2 aliphatic heterocycles. The minimum atomic E-state index is -0.948. The molecule has 0 radical (unpaired) electrons. The number of aliphatic carboxylic acids is 1. The second-order valence-corrected chi connectivity index (χ2v) is 12.1. The SMILES string of the molecule is CCCC(CCC)N(C(=O)CN1C[C@H](c2cc(OC)c3c(c2)OCO3)C(C(=O)O)[C@@H]1CCc1ncccn1)c1ccc(F)c(C)c1. The van der Waals surface area contributed by atoms with E-state index in [-0.39, 0.29) is 31.1 Å². The zero-order valence-electron chi connectivity index (χ0n) is 26.9. The maximum Gasteiger partial charge on any atom is 0.308 e. The number of likely N-dealkylation sites (tertiary alicyclic amines) is 1. The average molecular weight is 635 g/mol. The normalized spacial score (nSPS) is 19.0. The largest absolute Gasteiger partial charge is 0.493 e. The number of hydrogen-bond donors (Lipinski definition) is 1. The molecule has 1 aromatic heterocycles. The molecule has 3 heterocycles. The maximum absolute atomic E-state index is 14.4. The molecule has 1 N–H and O–H groups in total. The van der Waals surface area contributed by atoms with Crippen molar-refractivity contribution in [2.75, 3.05) is 31.9 Å². The van der Waals surface area contributed by atoms with Crippen molar-refractivity contribution >= 4 is 17.6 Å². The number of anilines is 1. The monoisotopic (exact) mass is 634 g/mol. The molecule has 46 heavy (non-hydrogen) atoms. The molecule has 11 heteroatoms. The summed E-state index contributed by atoms with van der Waals surface area (Å²) in [6, 6.07) is 9.60. The number of amides is 1. The fraction of sp³-hybridized carbons (Fsp3) is 0.486. The van der Waals surface area contributed by atoms with E-state index < -0.39 is 23.8 Å². The molecule has 10 nitrogen and oxygen atoms in total. The summed E-state index contributed by atoms with van der Waals surface area (Å²) in [5, 5.41) is 10.7. The van der Waals surface area contributed by atoms with E-state index in [1.807, 2.05) is 21.9 Å². The van der Waals surface area contributed by atoms with Gasteiger partial charge in [-0.15, -0.1) is 0 Å². The Morgan fingerprint density at radius 1 is 1.13 bits per heavy atom. The van der Waals surface area contributed by atoms with E-state index in [1.54, 1.807) is 37.5 Å². The number of benzene rings is 2. The van der Waals surface area contributed by atoms with Crippen molar-refractivity contribution < 1.29 is 33.3 Å². The molecule has 2 aromatic carbocycles. The summed E-state index contributed by atoms with van der Waals surface area (Å²) in [7, 11) is 1.53. The third-order valence-electron chi connectivity index (χ3n) is 9.06. The first-order valence-electron chi connectivity index (χ1n) is 16.0. The number of carbonyl (C=O) groups excluding carboxylic acids is 1. The van der Waals surface area contributed by atoms with Crippen LogP contribution in [0.15, 0.2) is 48.8 Å². The molecule has 246 valence electrons. The van der Waals surface area contributed by atoms with Crippen molar-refractivity contribution in [1.29, 1.82) is 0 Å². The fourth-order valence-electron chi connectivity index (χ4n) is 6.95. The third-order valence-corrected chi connectivity index (χ3v) is 9.06. The molecular formula is C35H43FN4O6. The molecule has 2 aliphatic rings. The molecule has 3 aromatic rings. The van der Waals surface area contributed by atoms with E-state index in [0.29, 0.717) is 53.7 Å². The molecule has 0 saturated carbocycles. The highest BCUT2D eigenvalue weighted by Crippen LogP contribution is 2.47. The first-order valence-corrected chi connectivity index (χ1v) is 16.0. The van der Waals surface area contributed by atoms with Gasteiger partial charge in [0.25, 0.3) is 0 Å². The van der Waals surface area contributed by atoms with Crippen molar-refractivity contribution in [3.8, 4) is 17.2 Å². The molecule has 1 fully saturated rings. The summed E-state index contributed by atoms with van der Waals surface area (Å²) >= 11 is 0. The maximum atomic E-state index is 14.4. The number of hydrogen-bond acceptors (Lipinski definition) is 8. The first-order chi connectivity index (χ1) is 22.2. The van der Waals surface area contributed by atoms with Gasteiger partial charge < -0.3 is 24.2 Å². The molecule has 3 atom stereocenters. The highest BCUT2D eigenvalue weighted by atomic mass is 19.1. The molecule has 0 bridgehead atoms. The zero-order valence-corrected chi connectivity index (χ0v) is 26.9. The number of nitrogens with zero attached hydrogens (tertiary/aromatic N) is 4. The Labute approximate surface area is 269 Å². The Morgan fingerprint density at radius 3 is 2.52 bits per heavy atom. The summed E-state index contributed by atoms with van der Waals surface area (Å²) in [5.74, 6) is -0.635. The highest BCUT2D eigenvalue weighted by Gasteiger charge is 2.48. The van der Waals surface area contributed by atoms with Crippen LogP contribution in [0.1, 0.15) is 68.8 Å². The number of carboxylic acids is 1. The lowest BCUT2D eigenvalue weighted by molar-refractivity contribution is -0.143. The lowest BCUT2D eigenvalue weighted by Gasteiger charge is -2.35. The summed E-state index contributed by atoms with van der Waals surface area (Å²) < 4.78 is 31.1. The molecule has 5 rings (SSSR count). The van der Waals surface area contributed by atoms with Gasteiger partial charge in [0.05, 0.1) is 19.6 Å². The molecule has 0 spiro atoms. The average Bonchev–Trinajstić information content (AvgIpc) is 3.67. The van der Waals surface area contributed by atoms with Gasteiger partial charge >= 0.3 is 5.97 Å². The predicted octanol–water partition coefficient (Wildman–Crippen LogP) is 5.76. The number of aromatic nitrogens is 2. The lowest BCUT2D eigenvalue weighted by Crippen LogP contribution is -2.48. The van der Waals surface area contributed by atoms with Gasteiger partial charge in [-0.3, -0.25) is 14.5 Å². The van der Waals surface area contributed by atoms with E-state index in [0.717, 1.165) is 31.2 Å². The van der Waals surface area contributed by atoms with Crippen LogP contribution in [-0.2, 0) is 16.0 Å². The van der Waals surface area contributed by atoms with Gasteiger partial charge in [0.15, 0.2) is 11.5 Å². The van der Waals surface area contributed by atoms with Crippen molar-refractivity contribution in [3.05, 3.63) is 71.6 Å². The number of rotatable bonds is 14. The molecule has 0 aliphatic carbocycles. The topological polar surface area (TPSA) is 114 Å². The van der Waals surface area contributed by atoms with Crippen LogP contribution in [0.3, 0.4) is 0 Å². The second-order valence-electron chi connectivity index (χ2n) is 12.1. The van der Waals surface area contributed by atoms with E-state index in [9.17, 15) is 19.1 Å². The van der Waals surface area contributed by atoms with Gasteiger partial charge in [0, 0.05) is 49.0 Å². The minimum Gasteiger partial charge on any atom is -0.493 e. The van der Waals surface area contributed by atoms with E-state index in [1.165, 1.54) is 13.2 Å². The lowest BCUT2D eigenvalue weighted by atomic mass is 9.83. The van der Waals surface area contributed by atoms with Gasteiger partial charge in [-0.25, -0.2) is 14.4 Å². The number of fused-ring (bicyclic) bond motifs is 1. The Kier molecular flexibility index (Phi) is 10.7. The van der Waals surface area contributed by atoms with Gasteiger partial charge in [-0.1, -0.05) is 26.7 Å². The van der Waals surface area contributed by atoms with Crippen LogP contribution in [0, 0.1) is 18.7 Å². The number of methoxy groups -OCH3 is 1. The second kappa shape index (κ2) is 14.9. The molecule has 1 unspecified atom stereocenters. The highest BCUT2D eigenvalue weighted by molar-refractivity contribution is 5.95. The van der Waals surface area contributed by atoms with Crippen LogP contribution in [0.5, 0.6) is 17.2 Å². The summed E-state index contributed by atoms with van der Waals surface area (Å²) in [6.45, 7) is 6.25. The van der Waals surface area contributed by atoms with Gasteiger partial charge in [0.1, 0.15) is 11.6 Å². The standard InChI is InChI=1S/C35H43FN4O6/c1-5-8-24(9-6-2)40(25-10-11-27(36)22(3)16-25)32(41)20-39-19-26(23-17-29(44-4)34-30(18-23)45-21-46-34)33(35(42)43)28(39)12-13-31-37-14-7-15-38-31/h7,10-11,14-18,24,26,28,33H,5-6,8-9,12-13,19-21H2,1-4H3,(H,42,43)/t26-,28+,33?/m1/s1. The van der Waals surface area contributed by atoms with E-state index in [4.69, 9.17) is 14.2 Å². The number of halogens is 1. The van der Waals surface area contributed by atoms with Crippen LogP contribution >= 0.6 is 0 Å². The van der Waals surface area contributed by atoms with Crippen molar-refractivity contribution in [1.82, 2.24) is 14.9 Å². The van der Waals surface area contributed by atoms with Gasteiger partial charge in [0.2, 0.25) is 18.4 Å². The summed E-state index contributed by atoms with van der Waals surface area (Å²) in [4.78, 5) is 40.0. The van der Waals surface area contributed by atoms with Crippen LogP contribution < -0.4 is 19.1 Å². The molecule has 1 saturated heterocycles. The minimum absolute atomic E-state index is 0.00261. The van der Waals surface area contributed by atoms with Gasteiger partial charge in [-0.2, -0.15) is 0 Å². The van der Waals surface area contributed by atoms with Crippen molar-refractivity contribution in [3.63, 3.8) is 0 Å². The van der Waals surface area contributed by atoms with E-state index >= 15 is 0 Å². The van der Waals surface area contributed by atoms with Crippen LogP contribution in [-0.4, -0.2) is 70.9 Å². The quantitative estimate of drug-likeness (QED) is 0.236. The fourth-order valence-corrected chi connectivity index (χ4v) is 6.95. The third kappa shape index (κ3) is 7.09. The van der Waals surface area contributed by atoms with Crippen molar-refractivity contribution in [2.24, 2.45) is 5.92 Å². The summed E-state index contributed by atoms with van der Waals surface area (Å²) in [5.41, 5.74) is 1.85. The first kappa shape index (κ1) is 33.1. The van der Waals surface area contributed by atoms with Crippen LogP contribution in [0.4, 0.5) is 10.1 Å². The molecule has 1 amide bonds.